The molecule has 4 heteroatoms. The van der Waals surface area contributed by atoms with Gasteiger partial charge in [0.1, 0.15) is 0 Å². The van der Waals surface area contributed by atoms with Crippen LogP contribution in [0.1, 0.15) is 6.42 Å². The molecule has 2 amide bonds. The van der Waals surface area contributed by atoms with E-state index in [4.69, 9.17) is 0 Å². The first kappa shape index (κ1) is 6.98. The molecule has 1 saturated heterocycles. The second kappa shape index (κ2) is 2.24. The minimum Gasteiger partial charge on any atom is -0.285 e. The molecule has 1 fully saturated rings. The van der Waals surface area contributed by atoms with Crippen molar-refractivity contribution in [1.29, 1.82) is 0 Å². The van der Waals surface area contributed by atoms with Crippen LogP contribution in [0.2, 0.25) is 0 Å². The van der Waals surface area contributed by atoms with Crippen LogP contribution in [0.25, 0.3) is 0 Å². The first-order valence-electron chi connectivity index (χ1n) is 2.57. The first-order chi connectivity index (χ1) is 4.13. The van der Waals surface area contributed by atoms with E-state index < -0.39 is 0 Å². The number of hydrogen-bond acceptors (Lipinski definition) is 2. The summed E-state index contributed by atoms with van der Waals surface area (Å²) in [5, 5.41) is 0. The van der Waals surface area contributed by atoms with Crippen molar-refractivity contribution >= 4 is 34.4 Å². The lowest BCUT2D eigenvalue weighted by molar-refractivity contribution is -0.136. The van der Waals surface area contributed by atoms with E-state index in [1.165, 1.54) is 11.9 Å². The molecule has 0 aliphatic carbocycles. The Kier molecular flexibility index (Phi) is 1.74. The molecule has 9 heavy (non-hydrogen) atoms. The summed E-state index contributed by atoms with van der Waals surface area (Å²) in [7, 11) is 1.52. The van der Waals surface area contributed by atoms with Gasteiger partial charge in [0.25, 0.3) is 0 Å². The zero-order valence-electron chi connectivity index (χ0n) is 4.93. The molecule has 1 atom stereocenters. The van der Waals surface area contributed by atoms with E-state index in [0.29, 0.717) is 6.42 Å². The number of amides is 2. The lowest BCUT2D eigenvalue weighted by Gasteiger charge is -2.02. The van der Waals surface area contributed by atoms with Gasteiger partial charge in [-0.25, -0.2) is 0 Å². The molecule has 1 aliphatic rings. The first-order valence-corrected chi connectivity index (χ1v) is 3.82. The lowest BCUT2D eigenvalue weighted by Crippen LogP contribution is -2.25. The van der Waals surface area contributed by atoms with Gasteiger partial charge in [-0.1, -0.05) is 22.6 Å². The molecule has 0 bridgehead atoms. The molecule has 1 aliphatic heterocycles. The number of likely N-dealkylation sites (tertiary alicyclic amines) is 1. The van der Waals surface area contributed by atoms with Crippen LogP contribution in [0, 0.1) is 0 Å². The number of nitrogens with zero attached hydrogens (tertiary/aromatic N) is 1. The zero-order valence-corrected chi connectivity index (χ0v) is 7.08. The van der Waals surface area contributed by atoms with Gasteiger partial charge in [-0.15, -0.1) is 0 Å². The third-order valence-electron chi connectivity index (χ3n) is 1.33. The summed E-state index contributed by atoms with van der Waals surface area (Å²) in [5.41, 5.74) is 0. The van der Waals surface area contributed by atoms with Crippen LogP contribution < -0.4 is 0 Å². The van der Waals surface area contributed by atoms with Gasteiger partial charge in [-0.3, -0.25) is 14.5 Å². The van der Waals surface area contributed by atoms with Crippen LogP contribution in [0.5, 0.6) is 0 Å². The van der Waals surface area contributed by atoms with Gasteiger partial charge in [0.15, 0.2) is 0 Å². The van der Waals surface area contributed by atoms with Crippen molar-refractivity contribution in [2.45, 2.75) is 10.3 Å². The molecule has 1 heterocycles. The largest absolute Gasteiger partial charge is 0.285 e. The predicted molar refractivity (Wildman–Crippen MR) is 40.2 cm³/mol. The fraction of sp³-hybridized carbons (Fsp3) is 0.600. The summed E-state index contributed by atoms with van der Waals surface area (Å²) in [6.07, 6.45) is 0.371. The number of carbonyl (C=O) groups excluding carboxylic acids is 2. The number of carbonyl (C=O) groups is 2. The Balaban J connectivity index is 2.77. The van der Waals surface area contributed by atoms with Crippen LogP contribution in [-0.2, 0) is 9.59 Å². The van der Waals surface area contributed by atoms with E-state index in [-0.39, 0.29) is 15.7 Å². The molecule has 0 aromatic carbocycles. The summed E-state index contributed by atoms with van der Waals surface area (Å²) in [6, 6.07) is 0. The number of halogens is 1. The fourth-order valence-corrected chi connectivity index (χ4v) is 1.51. The molecule has 0 N–H and O–H groups in total. The molecule has 0 aromatic heterocycles. The quantitative estimate of drug-likeness (QED) is 0.343. The minimum atomic E-state index is -0.125. The molecule has 3 nitrogen and oxygen atoms in total. The SMILES string of the molecule is CN1C(=O)CC(I)C1=O. The van der Waals surface area contributed by atoms with Gasteiger partial charge in [0.2, 0.25) is 11.8 Å². The van der Waals surface area contributed by atoms with Crippen molar-refractivity contribution in [3.63, 3.8) is 0 Å². The highest BCUT2D eigenvalue weighted by Gasteiger charge is 2.33. The molecular formula is C5H6INO2. The van der Waals surface area contributed by atoms with E-state index in [9.17, 15) is 9.59 Å². The van der Waals surface area contributed by atoms with Crippen molar-refractivity contribution in [1.82, 2.24) is 4.90 Å². The van der Waals surface area contributed by atoms with Crippen LogP contribution in [-0.4, -0.2) is 27.7 Å². The Morgan fingerprint density at radius 1 is 1.67 bits per heavy atom. The minimum absolute atomic E-state index is 0.0689. The van der Waals surface area contributed by atoms with Crippen LogP contribution in [0.15, 0.2) is 0 Å². The van der Waals surface area contributed by atoms with Gasteiger partial charge in [0.05, 0.1) is 3.92 Å². The molecule has 50 valence electrons. The van der Waals surface area contributed by atoms with E-state index >= 15 is 0 Å². The van der Waals surface area contributed by atoms with E-state index in [2.05, 4.69) is 0 Å². The lowest BCUT2D eigenvalue weighted by atomic mass is 10.4. The second-order valence-corrected chi connectivity index (χ2v) is 3.47. The van der Waals surface area contributed by atoms with Gasteiger partial charge < -0.3 is 0 Å². The second-order valence-electron chi connectivity index (χ2n) is 1.96. The topological polar surface area (TPSA) is 37.4 Å². The Hall–Kier alpha value is -0.130. The third-order valence-corrected chi connectivity index (χ3v) is 2.30. The normalized spacial score (nSPS) is 27.8. The highest BCUT2D eigenvalue weighted by atomic mass is 127. The maximum absolute atomic E-state index is 10.8. The smallest absolute Gasteiger partial charge is 0.242 e. The summed E-state index contributed by atoms with van der Waals surface area (Å²) < 4.78 is -0.125. The molecule has 1 rings (SSSR count). The van der Waals surface area contributed by atoms with Crippen LogP contribution in [0.3, 0.4) is 0 Å². The maximum Gasteiger partial charge on any atom is 0.242 e. The third kappa shape index (κ3) is 1.08. The highest BCUT2D eigenvalue weighted by molar-refractivity contribution is 14.1. The number of alkyl halides is 1. The Bertz CT molecular complexity index is 168. The Labute approximate surface area is 66.5 Å². The Morgan fingerprint density at radius 2 is 2.22 bits per heavy atom. The average molecular weight is 239 g/mol. The maximum atomic E-state index is 10.8. The van der Waals surface area contributed by atoms with E-state index in [0.717, 1.165) is 0 Å². The van der Waals surface area contributed by atoms with Gasteiger partial charge in [0, 0.05) is 13.5 Å². The van der Waals surface area contributed by atoms with Gasteiger partial charge in [-0.2, -0.15) is 0 Å². The van der Waals surface area contributed by atoms with Crippen molar-refractivity contribution in [3.05, 3.63) is 0 Å². The Morgan fingerprint density at radius 3 is 2.33 bits per heavy atom. The number of imide groups is 1. The summed E-state index contributed by atoms with van der Waals surface area (Å²) in [6.45, 7) is 0. The van der Waals surface area contributed by atoms with E-state index in [1.54, 1.807) is 0 Å². The highest BCUT2D eigenvalue weighted by Crippen LogP contribution is 2.17. The van der Waals surface area contributed by atoms with Crippen molar-refractivity contribution in [2.24, 2.45) is 0 Å². The molecule has 0 aromatic rings. The molecule has 0 spiro atoms. The van der Waals surface area contributed by atoms with E-state index in [1.807, 2.05) is 22.6 Å². The molecule has 0 radical (unpaired) electrons. The summed E-state index contributed by atoms with van der Waals surface area (Å²) in [5.74, 6) is -0.139. The van der Waals surface area contributed by atoms with Crippen molar-refractivity contribution in [2.75, 3.05) is 7.05 Å². The molecule has 0 saturated carbocycles. The van der Waals surface area contributed by atoms with Gasteiger partial charge >= 0.3 is 0 Å². The van der Waals surface area contributed by atoms with Crippen molar-refractivity contribution in [3.8, 4) is 0 Å². The van der Waals surface area contributed by atoms with Gasteiger partial charge in [-0.05, 0) is 0 Å². The monoisotopic (exact) mass is 239 g/mol. The van der Waals surface area contributed by atoms with Crippen molar-refractivity contribution < 1.29 is 9.59 Å². The number of rotatable bonds is 0. The number of hydrogen-bond donors (Lipinski definition) is 0. The summed E-state index contributed by atoms with van der Waals surface area (Å²) in [4.78, 5) is 22.7. The predicted octanol–water partition coefficient (Wildman–Crippen LogP) is 0.179. The van der Waals surface area contributed by atoms with Crippen LogP contribution >= 0.6 is 22.6 Å². The summed E-state index contributed by atoms with van der Waals surface area (Å²) >= 11 is 1.98. The molecular weight excluding hydrogens is 233 g/mol. The average Bonchev–Trinajstić information content (AvgIpc) is 1.98. The zero-order chi connectivity index (χ0) is 7.02. The standard InChI is InChI=1S/C5H6INO2/c1-7-4(8)2-3(6)5(7)9/h3H,2H2,1H3. The van der Waals surface area contributed by atoms with Crippen LogP contribution in [0.4, 0.5) is 0 Å². The fourth-order valence-electron chi connectivity index (χ4n) is 0.711. The molecule has 1 unspecified atom stereocenters.